The number of carbonyl (C=O) groups excluding carboxylic acids is 1. The van der Waals surface area contributed by atoms with Gasteiger partial charge in [-0.05, 0) is 76.0 Å². The van der Waals surface area contributed by atoms with Crippen LogP contribution < -0.4 is 0 Å². The zero-order valence-electron chi connectivity index (χ0n) is 18.8. The lowest BCUT2D eigenvalue weighted by molar-refractivity contribution is -0.131. The molecule has 3 saturated heterocycles. The van der Waals surface area contributed by atoms with E-state index in [1.165, 1.54) is 55.1 Å². The van der Waals surface area contributed by atoms with Gasteiger partial charge in [0, 0.05) is 55.3 Å². The van der Waals surface area contributed by atoms with E-state index in [4.69, 9.17) is 4.74 Å². The van der Waals surface area contributed by atoms with E-state index in [2.05, 4.69) is 45.2 Å². The van der Waals surface area contributed by atoms with Crippen molar-refractivity contribution in [3.8, 4) is 0 Å². The second-order valence-electron chi connectivity index (χ2n) is 9.86. The van der Waals surface area contributed by atoms with E-state index in [-0.39, 0.29) is 0 Å². The first-order valence-electron chi connectivity index (χ1n) is 12.4. The summed E-state index contributed by atoms with van der Waals surface area (Å²) in [5.41, 5.74) is 2.82. The normalized spacial score (nSPS) is 27.4. The van der Waals surface area contributed by atoms with Crippen molar-refractivity contribution in [2.75, 3.05) is 32.8 Å². The van der Waals surface area contributed by atoms with Gasteiger partial charge in [0.05, 0.1) is 6.10 Å². The molecular weight excluding hydrogens is 386 g/mol. The number of carbonyl (C=O) groups is 1. The fraction of sp³-hybridized carbons (Fsp3) is 0.654. The smallest absolute Gasteiger partial charge is 0.222 e. The molecule has 5 nitrogen and oxygen atoms in total. The van der Waals surface area contributed by atoms with Crippen LogP contribution in [0.25, 0.3) is 10.9 Å². The third kappa shape index (κ3) is 4.54. The molecule has 1 amide bonds. The molecule has 5 rings (SSSR count). The molecule has 1 N–H and O–H groups in total. The second kappa shape index (κ2) is 9.33. The third-order valence-electron chi connectivity index (χ3n) is 7.97. The predicted molar refractivity (Wildman–Crippen MR) is 124 cm³/mol. The van der Waals surface area contributed by atoms with E-state index in [1.54, 1.807) is 0 Å². The first-order valence-corrected chi connectivity index (χ1v) is 12.4. The lowest BCUT2D eigenvalue weighted by atomic mass is 9.87. The third-order valence-corrected chi connectivity index (χ3v) is 7.97. The zero-order chi connectivity index (χ0) is 21.1. The summed E-state index contributed by atoms with van der Waals surface area (Å²) in [6, 6.07) is 8.43. The molecular formula is C26H37N3O2. The number of fused-ring (bicyclic) bond motifs is 1. The molecule has 3 aliphatic heterocycles. The number of amides is 1. The van der Waals surface area contributed by atoms with Crippen molar-refractivity contribution in [1.82, 2.24) is 14.8 Å². The highest BCUT2D eigenvalue weighted by Gasteiger charge is 2.43. The standard InChI is InChI=1S/C26H37N3O2/c30-25(11-3-7-21-19-27-24-10-2-1-9-23(21)24)28-15-5-12-26(14-17-28)13-6-16-29(26)20-22-8-4-18-31-22/h1-2,9-10,19,22,27H,3-8,11-18,20H2/t22-,26-/m1/s1. The Morgan fingerprint density at radius 2 is 1.97 bits per heavy atom. The minimum Gasteiger partial charge on any atom is -0.377 e. The Kier molecular flexibility index (Phi) is 6.33. The maximum absolute atomic E-state index is 13.0. The van der Waals surface area contributed by atoms with Crippen LogP contribution in [0.15, 0.2) is 30.5 Å². The van der Waals surface area contributed by atoms with Crippen LogP contribution in [0, 0.1) is 0 Å². The van der Waals surface area contributed by atoms with Crippen molar-refractivity contribution in [3.05, 3.63) is 36.0 Å². The monoisotopic (exact) mass is 423 g/mol. The van der Waals surface area contributed by atoms with Crippen LogP contribution in [0.5, 0.6) is 0 Å². The Hall–Kier alpha value is -1.85. The van der Waals surface area contributed by atoms with Crippen LogP contribution in [-0.2, 0) is 16.0 Å². The number of ether oxygens (including phenoxy) is 1. The molecule has 5 heteroatoms. The van der Waals surface area contributed by atoms with Gasteiger partial charge < -0.3 is 14.6 Å². The topological polar surface area (TPSA) is 48.6 Å². The van der Waals surface area contributed by atoms with Crippen LogP contribution in [0.4, 0.5) is 0 Å². The van der Waals surface area contributed by atoms with Crippen molar-refractivity contribution in [1.29, 1.82) is 0 Å². The number of aromatic nitrogens is 1. The van der Waals surface area contributed by atoms with Crippen LogP contribution in [-0.4, -0.2) is 65.1 Å². The van der Waals surface area contributed by atoms with Crippen LogP contribution in [0.1, 0.15) is 63.4 Å². The number of aromatic amines is 1. The molecule has 0 radical (unpaired) electrons. The molecule has 1 spiro atoms. The van der Waals surface area contributed by atoms with Crippen molar-refractivity contribution < 1.29 is 9.53 Å². The molecule has 1 aromatic heterocycles. The second-order valence-corrected chi connectivity index (χ2v) is 9.86. The molecule has 0 bridgehead atoms. The summed E-state index contributed by atoms with van der Waals surface area (Å²) in [4.78, 5) is 21.2. The number of nitrogens with zero attached hydrogens (tertiary/aromatic N) is 2. The number of hydrogen-bond acceptors (Lipinski definition) is 3. The Morgan fingerprint density at radius 3 is 2.84 bits per heavy atom. The van der Waals surface area contributed by atoms with Gasteiger partial charge in [-0.15, -0.1) is 0 Å². The van der Waals surface area contributed by atoms with E-state index in [0.717, 1.165) is 51.9 Å². The lowest BCUT2D eigenvalue weighted by Crippen LogP contribution is -2.47. The number of benzene rings is 1. The first-order chi connectivity index (χ1) is 15.2. The summed E-state index contributed by atoms with van der Waals surface area (Å²) >= 11 is 0. The number of nitrogens with one attached hydrogen (secondary N) is 1. The van der Waals surface area contributed by atoms with E-state index < -0.39 is 0 Å². The van der Waals surface area contributed by atoms with Gasteiger partial charge in [0.1, 0.15) is 0 Å². The van der Waals surface area contributed by atoms with Gasteiger partial charge in [-0.3, -0.25) is 9.69 Å². The molecule has 31 heavy (non-hydrogen) atoms. The van der Waals surface area contributed by atoms with E-state index in [0.29, 0.717) is 24.0 Å². The highest BCUT2D eigenvalue weighted by atomic mass is 16.5. The molecule has 2 aromatic rings. The largest absolute Gasteiger partial charge is 0.377 e. The summed E-state index contributed by atoms with van der Waals surface area (Å²) in [6.07, 6.45) is 13.6. The summed E-state index contributed by atoms with van der Waals surface area (Å²) in [5, 5.41) is 1.29. The minimum atomic E-state index is 0.311. The summed E-state index contributed by atoms with van der Waals surface area (Å²) in [6.45, 7) is 5.10. The molecule has 0 saturated carbocycles. The summed E-state index contributed by atoms with van der Waals surface area (Å²) in [5.74, 6) is 0.348. The van der Waals surface area contributed by atoms with E-state index >= 15 is 0 Å². The summed E-state index contributed by atoms with van der Waals surface area (Å²) < 4.78 is 5.93. The molecule has 168 valence electrons. The molecule has 2 atom stereocenters. The highest BCUT2D eigenvalue weighted by Crippen LogP contribution is 2.39. The lowest BCUT2D eigenvalue weighted by Gasteiger charge is -2.39. The number of rotatable bonds is 6. The van der Waals surface area contributed by atoms with Gasteiger partial charge >= 0.3 is 0 Å². The first kappa shape index (κ1) is 21.0. The average Bonchev–Trinajstić information content (AvgIpc) is 3.49. The maximum Gasteiger partial charge on any atom is 0.222 e. The van der Waals surface area contributed by atoms with Crippen molar-refractivity contribution in [2.45, 2.75) is 75.9 Å². The fourth-order valence-electron chi connectivity index (χ4n) is 6.23. The van der Waals surface area contributed by atoms with Crippen molar-refractivity contribution in [3.63, 3.8) is 0 Å². The number of para-hydroxylation sites is 1. The number of likely N-dealkylation sites (tertiary alicyclic amines) is 2. The SMILES string of the molecule is O=C(CCCc1c[nH]c2ccccc12)N1CCC[C@@]2(CCCN2C[C@H]2CCCO2)CC1. The Bertz CT molecular complexity index is 888. The van der Waals surface area contributed by atoms with E-state index in [9.17, 15) is 4.79 Å². The molecule has 0 aliphatic carbocycles. The van der Waals surface area contributed by atoms with Gasteiger partial charge in [0.25, 0.3) is 0 Å². The maximum atomic E-state index is 13.0. The Labute approximate surface area is 186 Å². The van der Waals surface area contributed by atoms with E-state index in [1.807, 2.05) is 0 Å². The van der Waals surface area contributed by atoms with Crippen LogP contribution in [0.3, 0.4) is 0 Å². The van der Waals surface area contributed by atoms with Crippen molar-refractivity contribution in [2.24, 2.45) is 0 Å². The van der Waals surface area contributed by atoms with Gasteiger partial charge in [-0.1, -0.05) is 18.2 Å². The van der Waals surface area contributed by atoms with Gasteiger partial charge in [0.2, 0.25) is 5.91 Å². The Morgan fingerprint density at radius 1 is 1.10 bits per heavy atom. The highest BCUT2D eigenvalue weighted by molar-refractivity contribution is 5.83. The number of hydrogen-bond donors (Lipinski definition) is 1. The average molecular weight is 424 g/mol. The van der Waals surface area contributed by atoms with Gasteiger partial charge in [-0.2, -0.15) is 0 Å². The van der Waals surface area contributed by atoms with Gasteiger partial charge in [0.15, 0.2) is 0 Å². The Balaban J connectivity index is 1.13. The minimum absolute atomic E-state index is 0.311. The predicted octanol–water partition coefficient (Wildman–Crippen LogP) is 4.52. The molecule has 0 unspecified atom stereocenters. The molecule has 3 fully saturated rings. The van der Waals surface area contributed by atoms with Crippen LogP contribution in [0.2, 0.25) is 0 Å². The van der Waals surface area contributed by atoms with Crippen molar-refractivity contribution >= 4 is 16.8 Å². The summed E-state index contributed by atoms with van der Waals surface area (Å²) in [7, 11) is 0. The fourth-order valence-corrected chi connectivity index (χ4v) is 6.23. The number of H-pyrrole nitrogens is 1. The molecule has 1 aromatic carbocycles. The number of aryl methyl sites for hydroxylation is 1. The molecule has 3 aliphatic rings. The molecule has 4 heterocycles. The zero-order valence-corrected chi connectivity index (χ0v) is 18.8. The quantitative estimate of drug-likeness (QED) is 0.743. The van der Waals surface area contributed by atoms with Gasteiger partial charge in [-0.25, -0.2) is 0 Å². The van der Waals surface area contributed by atoms with Crippen LogP contribution >= 0.6 is 0 Å².